The van der Waals surface area contributed by atoms with Gasteiger partial charge in [-0.15, -0.1) is 0 Å². The van der Waals surface area contributed by atoms with Crippen molar-refractivity contribution in [3.63, 3.8) is 0 Å². The lowest BCUT2D eigenvalue weighted by molar-refractivity contribution is 0.0885. The fourth-order valence-electron chi connectivity index (χ4n) is 2.02. The smallest absolute Gasteiger partial charge is 0.270 e. The molecule has 0 radical (unpaired) electrons. The van der Waals surface area contributed by atoms with E-state index in [1.54, 1.807) is 6.07 Å². The second kappa shape index (κ2) is 9.34. The van der Waals surface area contributed by atoms with Crippen molar-refractivity contribution in [1.29, 1.82) is 0 Å². The van der Waals surface area contributed by atoms with Crippen molar-refractivity contribution >= 4 is 11.8 Å². The highest BCUT2D eigenvalue weighted by Gasteiger charge is 2.20. The Morgan fingerprint density at radius 1 is 0.917 bits per heavy atom. The number of aliphatic hydroxyl groups is 2. The highest BCUT2D eigenvalue weighted by atomic mass is 16.3. The van der Waals surface area contributed by atoms with Gasteiger partial charge in [0.15, 0.2) is 0 Å². The molecular formula is C17H27N3O4. The van der Waals surface area contributed by atoms with E-state index < -0.39 is 11.8 Å². The summed E-state index contributed by atoms with van der Waals surface area (Å²) >= 11 is 0. The fraction of sp³-hybridized carbons (Fsp3) is 0.588. The highest BCUT2D eigenvalue weighted by molar-refractivity contribution is 5.96. The molecule has 1 aromatic rings. The molecule has 0 bridgehead atoms. The molecular weight excluding hydrogens is 310 g/mol. The average Bonchev–Trinajstić information content (AvgIpc) is 2.56. The third kappa shape index (κ3) is 5.58. The van der Waals surface area contributed by atoms with Crippen LogP contribution in [0.1, 0.15) is 48.7 Å². The van der Waals surface area contributed by atoms with E-state index in [1.165, 1.54) is 12.1 Å². The molecule has 0 aliphatic carbocycles. The molecule has 7 heteroatoms. The maximum absolute atomic E-state index is 12.2. The van der Waals surface area contributed by atoms with Crippen LogP contribution in [0.5, 0.6) is 0 Å². The van der Waals surface area contributed by atoms with Crippen LogP contribution in [0.2, 0.25) is 0 Å². The van der Waals surface area contributed by atoms with Crippen molar-refractivity contribution in [3.05, 3.63) is 29.6 Å². The van der Waals surface area contributed by atoms with Crippen LogP contribution >= 0.6 is 0 Å². The van der Waals surface area contributed by atoms with Crippen molar-refractivity contribution in [2.75, 3.05) is 13.2 Å². The van der Waals surface area contributed by atoms with E-state index >= 15 is 0 Å². The molecule has 0 aliphatic heterocycles. The number of carbonyl (C=O) groups excluding carboxylic acids is 2. The standard InChI is InChI=1S/C17H27N3O4/c1-10(2)14(8-21)19-16(23)12-6-5-7-13(18-12)17(24)20-15(9-22)11(3)4/h5-7,10-11,14-15,21-22H,8-9H2,1-4H3,(H,19,23)(H,20,24). The zero-order valence-corrected chi connectivity index (χ0v) is 14.6. The fourth-order valence-corrected chi connectivity index (χ4v) is 2.02. The SMILES string of the molecule is CC(C)C(CO)NC(=O)c1cccc(C(=O)NC(CO)C(C)C)n1. The monoisotopic (exact) mass is 337 g/mol. The van der Waals surface area contributed by atoms with E-state index in [1.807, 2.05) is 27.7 Å². The van der Waals surface area contributed by atoms with Gasteiger partial charge in [0.1, 0.15) is 11.4 Å². The minimum Gasteiger partial charge on any atom is -0.394 e. The third-order valence-electron chi connectivity index (χ3n) is 3.85. The highest BCUT2D eigenvalue weighted by Crippen LogP contribution is 2.06. The molecule has 1 rings (SSSR count). The molecule has 2 atom stereocenters. The van der Waals surface area contributed by atoms with Crippen LogP contribution in [0, 0.1) is 11.8 Å². The molecule has 2 unspecified atom stereocenters. The van der Waals surface area contributed by atoms with E-state index in [-0.39, 0.29) is 48.5 Å². The second-order valence-electron chi connectivity index (χ2n) is 6.42. The number of hydrogen-bond acceptors (Lipinski definition) is 5. The summed E-state index contributed by atoms with van der Waals surface area (Å²) in [4.78, 5) is 28.5. The molecule has 2 amide bonds. The molecule has 0 fully saturated rings. The summed E-state index contributed by atoms with van der Waals surface area (Å²) in [6.07, 6.45) is 0. The molecule has 0 aromatic carbocycles. The summed E-state index contributed by atoms with van der Waals surface area (Å²) < 4.78 is 0. The molecule has 1 heterocycles. The Kier molecular flexibility index (Phi) is 7.81. The van der Waals surface area contributed by atoms with Gasteiger partial charge in [0, 0.05) is 0 Å². The molecule has 134 valence electrons. The van der Waals surface area contributed by atoms with Crippen LogP contribution in [-0.4, -0.2) is 52.3 Å². The summed E-state index contributed by atoms with van der Waals surface area (Å²) in [5.74, 6) is -0.747. The number of amides is 2. The lowest BCUT2D eigenvalue weighted by Crippen LogP contribution is -2.42. The first-order valence-corrected chi connectivity index (χ1v) is 8.10. The second-order valence-corrected chi connectivity index (χ2v) is 6.42. The lowest BCUT2D eigenvalue weighted by Gasteiger charge is -2.20. The number of pyridine rings is 1. The minimum atomic E-state index is -0.444. The van der Waals surface area contributed by atoms with Crippen LogP contribution in [0.4, 0.5) is 0 Å². The van der Waals surface area contributed by atoms with Gasteiger partial charge in [-0.05, 0) is 24.0 Å². The third-order valence-corrected chi connectivity index (χ3v) is 3.85. The maximum atomic E-state index is 12.2. The predicted molar refractivity (Wildman–Crippen MR) is 90.6 cm³/mol. The lowest BCUT2D eigenvalue weighted by atomic mass is 10.1. The van der Waals surface area contributed by atoms with Crippen LogP contribution in [-0.2, 0) is 0 Å². The van der Waals surface area contributed by atoms with Crippen molar-refractivity contribution in [2.45, 2.75) is 39.8 Å². The summed E-state index contributed by atoms with van der Waals surface area (Å²) in [5, 5.41) is 24.0. The van der Waals surface area contributed by atoms with Crippen molar-refractivity contribution < 1.29 is 19.8 Å². The molecule has 0 spiro atoms. The van der Waals surface area contributed by atoms with Gasteiger partial charge in [-0.1, -0.05) is 33.8 Å². The van der Waals surface area contributed by atoms with E-state index in [9.17, 15) is 19.8 Å². The Bertz CT molecular complexity index is 515. The largest absolute Gasteiger partial charge is 0.394 e. The molecule has 0 saturated carbocycles. The molecule has 7 nitrogen and oxygen atoms in total. The molecule has 24 heavy (non-hydrogen) atoms. The predicted octanol–water partition coefficient (Wildman–Crippen LogP) is 0.575. The van der Waals surface area contributed by atoms with Gasteiger partial charge in [-0.3, -0.25) is 9.59 Å². The van der Waals surface area contributed by atoms with E-state index in [2.05, 4.69) is 15.6 Å². The number of carbonyl (C=O) groups is 2. The first-order valence-electron chi connectivity index (χ1n) is 8.10. The Balaban J connectivity index is 2.86. The quantitative estimate of drug-likeness (QED) is 0.554. The number of nitrogens with one attached hydrogen (secondary N) is 2. The van der Waals surface area contributed by atoms with Crippen LogP contribution < -0.4 is 10.6 Å². The van der Waals surface area contributed by atoms with Gasteiger partial charge in [0.05, 0.1) is 25.3 Å². The Hall–Kier alpha value is -1.99. The molecule has 0 aliphatic rings. The Labute approximate surface area is 142 Å². The summed E-state index contributed by atoms with van der Waals surface area (Å²) in [5.41, 5.74) is 0.207. The average molecular weight is 337 g/mol. The van der Waals surface area contributed by atoms with Crippen LogP contribution in [0.15, 0.2) is 18.2 Å². The Morgan fingerprint density at radius 3 is 1.58 bits per heavy atom. The van der Waals surface area contributed by atoms with Gasteiger partial charge in [0.2, 0.25) is 0 Å². The number of nitrogens with zero attached hydrogens (tertiary/aromatic N) is 1. The van der Waals surface area contributed by atoms with E-state index in [0.29, 0.717) is 0 Å². The van der Waals surface area contributed by atoms with Gasteiger partial charge < -0.3 is 20.8 Å². The zero-order chi connectivity index (χ0) is 18.3. The first kappa shape index (κ1) is 20.1. The van der Waals surface area contributed by atoms with Crippen LogP contribution in [0.3, 0.4) is 0 Å². The number of rotatable bonds is 8. The van der Waals surface area contributed by atoms with Crippen molar-refractivity contribution in [2.24, 2.45) is 11.8 Å². The molecule has 1 aromatic heterocycles. The van der Waals surface area contributed by atoms with Gasteiger partial charge in [0.25, 0.3) is 11.8 Å². The van der Waals surface area contributed by atoms with Crippen molar-refractivity contribution in [1.82, 2.24) is 15.6 Å². The number of aliphatic hydroxyl groups excluding tert-OH is 2. The normalized spacial score (nSPS) is 13.7. The summed E-state index contributed by atoms with van der Waals surface area (Å²) in [7, 11) is 0. The van der Waals surface area contributed by atoms with Crippen molar-refractivity contribution in [3.8, 4) is 0 Å². The van der Waals surface area contributed by atoms with E-state index in [0.717, 1.165) is 0 Å². The van der Waals surface area contributed by atoms with Crippen LogP contribution in [0.25, 0.3) is 0 Å². The summed E-state index contributed by atoms with van der Waals surface area (Å²) in [6, 6.07) is 3.83. The van der Waals surface area contributed by atoms with Gasteiger partial charge in [-0.25, -0.2) is 4.98 Å². The molecule has 4 N–H and O–H groups in total. The topological polar surface area (TPSA) is 112 Å². The molecule has 0 saturated heterocycles. The van der Waals surface area contributed by atoms with Gasteiger partial charge in [-0.2, -0.15) is 0 Å². The van der Waals surface area contributed by atoms with Gasteiger partial charge >= 0.3 is 0 Å². The summed E-state index contributed by atoms with van der Waals surface area (Å²) in [6.45, 7) is 7.21. The minimum absolute atomic E-state index is 0.0711. The van der Waals surface area contributed by atoms with E-state index in [4.69, 9.17) is 0 Å². The Morgan fingerprint density at radius 2 is 1.29 bits per heavy atom. The number of hydrogen-bond donors (Lipinski definition) is 4. The maximum Gasteiger partial charge on any atom is 0.270 e. The number of aromatic nitrogens is 1. The first-order chi connectivity index (χ1) is 11.3. The zero-order valence-electron chi connectivity index (χ0n) is 14.6.